The standard InChI is InChI=1S/C17H15N3O4S/c1-10-8-12(9-15-16(21)18(3)17(22)25-15)11(2)19(10)13-4-6-14(7-5-13)20(23)24/h4-9H,1-3H3/b15-9+. The highest BCUT2D eigenvalue weighted by atomic mass is 32.2. The minimum atomic E-state index is -0.439. The average Bonchev–Trinajstić information content (AvgIpc) is 2.98. The Hall–Kier alpha value is -2.87. The Morgan fingerprint density at radius 2 is 1.80 bits per heavy atom. The molecule has 3 rings (SSSR count). The molecule has 0 spiro atoms. The van der Waals surface area contributed by atoms with Crippen LogP contribution in [0.4, 0.5) is 10.5 Å². The summed E-state index contributed by atoms with van der Waals surface area (Å²) in [6.45, 7) is 3.81. The third kappa shape index (κ3) is 2.96. The maximum Gasteiger partial charge on any atom is 0.293 e. The molecule has 0 unspecified atom stereocenters. The van der Waals surface area contributed by atoms with Crippen molar-refractivity contribution in [2.24, 2.45) is 0 Å². The van der Waals surface area contributed by atoms with Crippen molar-refractivity contribution in [3.63, 3.8) is 0 Å². The molecule has 0 bridgehead atoms. The minimum Gasteiger partial charge on any atom is -0.318 e. The van der Waals surface area contributed by atoms with E-state index in [0.29, 0.717) is 4.91 Å². The highest BCUT2D eigenvalue weighted by molar-refractivity contribution is 8.18. The van der Waals surface area contributed by atoms with Crippen LogP contribution in [0.1, 0.15) is 17.0 Å². The molecule has 8 heteroatoms. The molecule has 128 valence electrons. The van der Waals surface area contributed by atoms with Crippen LogP contribution in [-0.4, -0.2) is 32.6 Å². The van der Waals surface area contributed by atoms with Gasteiger partial charge in [0.05, 0.1) is 9.83 Å². The van der Waals surface area contributed by atoms with Crippen molar-refractivity contribution in [1.82, 2.24) is 9.47 Å². The van der Waals surface area contributed by atoms with Crippen LogP contribution in [0.3, 0.4) is 0 Å². The molecule has 1 aliphatic rings. The first-order chi connectivity index (χ1) is 11.8. The molecule has 0 radical (unpaired) electrons. The number of carbonyl (C=O) groups is 2. The van der Waals surface area contributed by atoms with Gasteiger partial charge in [-0.25, -0.2) is 0 Å². The molecule has 1 saturated heterocycles. The number of amides is 2. The van der Waals surface area contributed by atoms with Gasteiger partial charge in [-0.1, -0.05) is 0 Å². The van der Waals surface area contributed by atoms with Gasteiger partial charge in [0.25, 0.3) is 16.8 Å². The Balaban J connectivity index is 2.01. The number of hydrogen-bond acceptors (Lipinski definition) is 5. The number of carbonyl (C=O) groups excluding carboxylic acids is 2. The summed E-state index contributed by atoms with van der Waals surface area (Å²) < 4.78 is 1.95. The molecule has 2 aromatic rings. The van der Waals surface area contributed by atoms with Crippen molar-refractivity contribution in [3.8, 4) is 5.69 Å². The largest absolute Gasteiger partial charge is 0.318 e. The van der Waals surface area contributed by atoms with E-state index in [-0.39, 0.29) is 16.8 Å². The second-order valence-corrected chi connectivity index (χ2v) is 6.67. The number of imide groups is 1. The molecule has 25 heavy (non-hydrogen) atoms. The van der Waals surface area contributed by atoms with Gasteiger partial charge >= 0.3 is 0 Å². The second-order valence-electron chi connectivity index (χ2n) is 5.68. The van der Waals surface area contributed by atoms with Crippen LogP contribution in [0.2, 0.25) is 0 Å². The van der Waals surface area contributed by atoms with E-state index in [1.165, 1.54) is 19.2 Å². The van der Waals surface area contributed by atoms with Crippen LogP contribution in [-0.2, 0) is 4.79 Å². The summed E-state index contributed by atoms with van der Waals surface area (Å²) in [7, 11) is 1.46. The number of aryl methyl sites for hydroxylation is 1. The monoisotopic (exact) mass is 357 g/mol. The molecule has 0 N–H and O–H groups in total. The van der Waals surface area contributed by atoms with Gasteiger partial charge in [-0.15, -0.1) is 0 Å². The van der Waals surface area contributed by atoms with Crippen molar-refractivity contribution in [2.75, 3.05) is 7.05 Å². The van der Waals surface area contributed by atoms with Gasteiger partial charge in [0.15, 0.2) is 0 Å². The smallest absolute Gasteiger partial charge is 0.293 e. The maximum absolute atomic E-state index is 12.0. The lowest BCUT2D eigenvalue weighted by Crippen LogP contribution is -2.22. The molecule has 0 saturated carbocycles. The number of nitrogens with zero attached hydrogens (tertiary/aromatic N) is 3. The van der Waals surface area contributed by atoms with Gasteiger partial charge in [-0.3, -0.25) is 24.6 Å². The number of nitro benzene ring substituents is 1. The van der Waals surface area contributed by atoms with Crippen molar-refractivity contribution >= 4 is 34.7 Å². The van der Waals surface area contributed by atoms with Crippen LogP contribution >= 0.6 is 11.8 Å². The zero-order valence-corrected chi connectivity index (χ0v) is 14.7. The van der Waals surface area contributed by atoms with Crippen molar-refractivity contribution in [1.29, 1.82) is 0 Å². The number of benzene rings is 1. The molecular weight excluding hydrogens is 342 g/mol. The zero-order valence-electron chi connectivity index (χ0n) is 13.8. The van der Waals surface area contributed by atoms with Gasteiger partial charge < -0.3 is 4.57 Å². The topological polar surface area (TPSA) is 85.5 Å². The van der Waals surface area contributed by atoms with Gasteiger partial charge in [-0.2, -0.15) is 0 Å². The molecule has 0 atom stereocenters. The quantitative estimate of drug-likeness (QED) is 0.475. The van der Waals surface area contributed by atoms with E-state index in [1.807, 2.05) is 24.5 Å². The predicted octanol–water partition coefficient (Wildman–Crippen LogP) is 3.67. The van der Waals surface area contributed by atoms with Gasteiger partial charge in [0, 0.05) is 36.3 Å². The predicted molar refractivity (Wildman–Crippen MR) is 95.6 cm³/mol. The van der Waals surface area contributed by atoms with Crippen LogP contribution in [0.25, 0.3) is 11.8 Å². The molecule has 7 nitrogen and oxygen atoms in total. The van der Waals surface area contributed by atoms with E-state index in [0.717, 1.165) is 39.3 Å². The summed E-state index contributed by atoms with van der Waals surface area (Å²) in [5.41, 5.74) is 3.46. The Kier molecular flexibility index (Phi) is 4.22. The molecule has 2 amide bonds. The molecule has 1 aromatic heterocycles. The van der Waals surface area contributed by atoms with Gasteiger partial charge in [0.2, 0.25) is 0 Å². The first-order valence-electron chi connectivity index (χ1n) is 7.45. The summed E-state index contributed by atoms with van der Waals surface area (Å²) in [5, 5.41) is 10.5. The molecule has 1 fully saturated rings. The first kappa shape index (κ1) is 17.0. The lowest BCUT2D eigenvalue weighted by Gasteiger charge is -2.09. The SMILES string of the molecule is Cc1cc(/C=C2/SC(=O)N(C)C2=O)c(C)n1-c1ccc([N+](=O)[O-])cc1. The van der Waals surface area contributed by atoms with E-state index in [9.17, 15) is 19.7 Å². The fraction of sp³-hybridized carbons (Fsp3) is 0.176. The molecule has 2 heterocycles. The average molecular weight is 357 g/mol. The first-order valence-corrected chi connectivity index (χ1v) is 8.26. The van der Waals surface area contributed by atoms with E-state index in [2.05, 4.69) is 0 Å². The number of thioether (sulfide) groups is 1. The molecule has 1 aliphatic heterocycles. The van der Waals surface area contributed by atoms with Crippen LogP contribution in [0.5, 0.6) is 0 Å². The summed E-state index contributed by atoms with van der Waals surface area (Å²) >= 11 is 0.916. The van der Waals surface area contributed by atoms with E-state index < -0.39 is 4.92 Å². The Morgan fingerprint density at radius 1 is 1.16 bits per heavy atom. The molecule has 1 aromatic carbocycles. The third-order valence-corrected chi connectivity index (χ3v) is 5.02. The van der Waals surface area contributed by atoms with Gasteiger partial charge in [0.1, 0.15) is 0 Å². The fourth-order valence-corrected chi connectivity index (χ4v) is 3.56. The number of likely N-dealkylation sites (N-methyl/N-ethyl adjacent to an activating group) is 1. The summed E-state index contributed by atoms with van der Waals surface area (Å²) in [6.07, 6.45) is 1.71. The van der Waals surface area contributed by atoms with E-state index in [4.69, 9.17) is 0 Å². The summed E-state index contributed by atoms with van der Waals surface area (Å²) in [4.78, 5) is 35.5. The minimum absolute atomic E-state index is 0.0306. The Morgan fingerprint density at radius 3 is 2.32 bits per heavy atom. The maximum atomic E-state index is 12.0. The Bertz CT molecular complexity index is 928. The third-order valence-electron chi connectivity index (χ3n) is 4.06. The number of nitro groups is 1. The van der Waals surface area contributed by atoms with Crippen molar-refractivity contribution in [2.45, 2.75) is 13.8 Å². The number of rotatable bonds is 3. The van der Waals surface area contributed by atoms with Crippen molar-refractivity contribution in [3.05, 3.63) is 62.3 Å². The summed E-state index contributed by atoms with van der Waals surface area (Å²) in [5.74, 6) is -0.310. The van der Waals surface area contributed by atoms with Crippen LogP contribution in [0.15, 0.2) is 35.2 Å². The Labute approximate surface area is 148 Å². The van der Waals surface area contributed by atoms with E-state index in [1.54, 1.807) is 18.2 Å². The number of aromatic nitrogens is 1. The van der Waals surface area contributed by atoms with Crippen molar-refractivity contribution < 1.29 is 14.5 Å². The number of non-ortho nitro benzene ring substituents is 1. The second kappa shape index (κ2) is 6.21. The fourth-order valence-electron chi connectivity index (χ4n) is 2.74. The zero-order chi connectivity index (χ0) is 18.3. The lowest BCUT2D eigenvalue weighted by atomic mass is 10.2. The molecular formula is C17H15N3O4S. The normalized spacial score (nSPS) is 16.1. The molecule has 0 aliphatic carbocycles. The number of hydrogen-bond donors (Lipinski definition) is 0. The van der Waals surface area contributed by atoms with Crippen LogP contribution in [0, 0.1) is 24.0 Å². The summed E-state index contributed by atoms with van der Waals surface area (Å²) in [6, 6.07) is 8.19. The lowest BCUT2D eigenvalue weighted by molar-refractivity contribution is -0.384. The van der Waals surface area contributed by atoms with Gasteiger partial charge in [-0.05, 0) is 55.4 Å². The highest BCUT2D eigenvalue weighted by Gasteiger charge is 2.32. The van der Waals surface area contributed by atoms with Crippen LogP contribution < -0.4 is 0 Å². The van der Waals surface area contributed by atoms with E-state index >= 15 is 0 Å². The highest BCUT2D eigenvalue weighted by Crippen LogP contribution is 2.32.